The van der Waals surface area contributed by atoms with E-state index in [-0.39, 0.29) is 27.3 Å². The summed E-state index contributed by atoms with van der Waals surface area (Å²) in [6.45, 7) is 6.19. The van der Waals surface area contributed by atoms with Crippen LogP contribution in [0.1, 0.15) is 32.3 Å². The molecule has 0 fully saturated rings. The first kappa shape index (κ1) is 16.4. The predicted octanol–water partition coefficient (Wildman–Crippen LogP) is 5.43. The quantitative estimate of drug-likeness (QED) is 0.380. The van der Waals surface area contributed by atoms with E-state index in [4.69, 9.17) is 0 Å². The molecule has 0 saturated heterocycles. The summed E-state index contributed by atoms with van der Waals surface area (Å²) in [7, 11) is 0. The number of hydrogen-bond donors (Lipinski definition) is 0. The normalized spacial score (nSPS) is 14.4. The van der Waals surface area contributed by atoms with Gasteiger partial charge in [0.1, 0.15) is 6.20 Å². The van der Waals surface area contributed by atoms with Gasteiger partial charge in [-0.05, 0) is 24.1 Å². The van der Waals surface area contributed by atoms with Crippen molar-refractivity contribution in [2.75, 3.05) is 0 Å². The molecule has 0 radical (unpaired) electrons. The van der Waals surface area contributed by atoms with Gasteiger partial charge in [-0.25, -0.2) is 4.98 Å². The molecule has 0 N–H and O–H groups in total. The number of rotatable bonds is 4. The fourth-order valence-corrected chi connectivity index (χ4v) is 4.00. The highest BCUT2D eigenvalue weighted by Gasteiger charge is 2.30. The number of fused-ring (bicyclic) bond motifs is 1. The molecule has 2 aromatic rings. The molecule has 21 heavy (non-hydrogen) atoms. The molecule has 2 rings (SSSR count). The van der Waals surface area contributed by atoms with Crippen molar-refractivity contribution >= 4 is 48.5 Å². The topological polar surface area (TPSA) is 56.0 Å². The minimum atomic E-state index is -0.340. The van der Waals surface area contributed by atoms with Crippen LogP contribution in [0, 0.1) is 16.0 Å². The lowest BCUT2D eigenvalue weighted by atomic mass is 9.83. The maximum absolute atomic E-state index is 11.4. The van der Waals surface area contributed by atoms with Gasteiger partial charge in [-0.1, -0.05) is 52.6 Å². The SMILES string of the molecule is CC(C)C(c1c([N+](=O)[O-])cnc2ccc(Br)cc12)C(C)Br. The van der Waals surface area contributed by atoms with Gasteiger partial charge in [0.2, 0.25) is 0 Å². The average Bonchev–Trinajstić information content (AvgIpc) is 2.38. The lowest BCUT2D eigenvalue weighted by molar-refractivity contribution is -0.386. The maximum atomic E-state index is 11.4. The van der Waals surface area contributed by atoms with Crippen molar-refractivity contribution in [3.63, 3.8) is 0 Å². The molecular weight excluding hydrogens is 400 g/mol. The van der Waals surface area contributed by atoms with Crippen LogP contribution in [0.15, 0.2) is 28.9 Å². The molecule has 1 aromatic heterocycles. The number of nitro groups is 1. The molecule has 6 heteroatoms. The minimum absolute atomic E-state index is 0.0326. The number of aromatic nitrogens is 1. The van der Waals surface area contributed by atoms with Crippen LogP contribution in [0.2, 0.25) is 0 Å². The molecule has 1 aromatic carbocycles. The van der Waals surface area contributed by atoms with Gasteiger partial charge in [-0.2, -0.15) is 0 Å². The Bertz CT molecular complexity index is 679. The number of alkyl halides is 1. The van der Waals surface area contributed by atoms with Crippen LogP contribution in [0.4, 0.5) is 5.69 Å². The van der Waals surface area contributed by atoms with Gasteiger partial charge in [-0.3, -0.25) is 10.1 Å². The van der Waals surface area contributed by atoms with E-state index in [1.165, 1.54) is 6.20 Å². The van der Waals surface area contributed by atoms with Crippen LogP contribution in [0.5, 0.6) is 0 Å². The third-order valence-corrected chi connectivity index (χ3v) is 4.66. The zero-order valence-corrected chi connectivity index (χ0v) is 15.2. The van der Waals surface area contributed by atoms with E-state index in [0.29, 0.717) is 0 Å². The third-order valence-electron chi connectivity index (χ3n) is 3.59. The molecule has 0 aliphatic carbocycles. The minimum Gasteiger partial charge on any atom is -0.258 e. The fraction of sp³-hybridized carbons (Fsp3) is 0.400. The molecule has 0 saturated carbocycles. The first-order valence-corrected chi connectivity index (χ1v) is 8.40. The summed E-state index contributed by atoms with van der Waals surface area (Å²) in [5.41, 5.74) is 1.62. The van der Waals surface area contributed by atoms with Crippen LogP contribution in [0.25, 0.3) is 10.9 Å². The summed E-state index contributed by atoms with van der Waals surface area (Å²) in [5.74, 6) is 0.299. The zero-order chi connectivity index (χ0) is 15.7. The number of benzene rings is 1. The van der Waals surface area contributed by atoms with Gasteiger partial charge in [0.25, 0.3) is 5.69 Å². The Kier molecular flexibility index (Phi) is 4.99. The first-order chi connectivity index (χ1) is 9.82. The molecule has 0 amide bonds. The lowest BCUT2D eigenvalue weighted by Crippen LogP contribution is -2.17. The average molecular weight is 416 g/mol. The van der Waals surface area contributed by atoms with Gasteiger partial charge in [0.05, 0.1) is 10.4 Å². The Balaban J connectivity index is 2.86. The van der Waals surface area contributed by atoms with E-state index in [9.17, 15) is 10.1 Å². The zero-order valence-electron chi connectivity index (χ0n) is 12.0. The highest BCUT2D eigenvalue weighted by atomic mass is 79.9. The number of halogens is 2. The standard InChI is InChI=1S/C15H16Br2N2O2/c1-8(2)14(9(3)16)15-11-6-10(17)4-5-12(11)18-7-13(15)19(20)21/h4-9,14H,1-3H3. The second-order valence-corrected chi connectivity index (χ2v) is 7.78. The van der Waals surface area contributed by atoms with Crippen LogP contribution < -0.4 is 0 Å². The molecule has 2 atom stereocenters. The molecule has 112 valence electrons. The van der Waals surface area contributed by atoms with E-state index in [0.717, 1.165) is 20.9 Å². The van der Waals surface area contributed by atoms with Crippen molar-refractivity contribution in [1.29, 1.82) is 0 Å². The molecule has 0 bridgehead atoms. The van der Waals surface area contributed by atoms with Crippen molar-refractivity contribution in [3.8, 4) is 0 Å². The van der Waals surface area contributed by atoms with Crippen molar-refractivity contribution in [3.05, 3.63) is 44.5 Å². The van der Waals surface area contributed by atoms with Gasteiger partial charge in [0, 0.05) is 26.2 Å². The summed E-state index contributed by atoms with van der Waals surface area (Å²) >= 11 is 7.05. The smallest absolute Gasteiger partial charge is 0.258 e. The van der Waals surface area contributed by atoms with Gasteiger partial charge in [-0.15, -0.1) is 0 Å². The van der Waals surface area contributed by atoms with E-state index in [2.05, 4.69) is 50.7 Å². The van der Waals surface area contributed by atoms with E-state index >= 15 is 0 Å². The Morgan fingerprint density at radius 3 is 2.48 bits per heavy atom. The summed E-state index contributed by atoms with van der Waals surface area (Å²) in [5, 5.41) is 12.3. The van der Waals surface area contributed by atoms with Crippen molar-refractivity contribution in [1.82, 2.24) is 4.98 Å². The van der Waals surface area contributed by atoms with Crippen molar-refractivity contribution < 1.29 is 4.92 Å². The van der Waals surface area contributed by atoms with Crippen LogP contribution >= 0.6 is 31.9 Å². The Morgan fingerprint density at radius 1 is 1.29 bits per heavy atom. The molecule has 0 aliphatic heterocycles. The Morgan fingerprint density at radius 2 is 1.95 bits per heavy atom. The molecule has 0 spiro atoms. The van der Waals surface area contributed by atoms with Gasteiger partial charge in [0.15, 0.2) is 0 Å². The summed E-state index contributed by atoms with van der Waals surface area (Å²) in [6.07, 6.45) is 1.37. The summed E-state index contributed by atoms with van der Waals surface area (Å²) in [4.78, 5) is 15.5. The van der Waals surface area contributed by atoms with E-state index in [1.54, 1.807) is 0 Å². The maximum Gasteiger partial charge on any atom is 0.291 e. The summed E-state index contributed by atoms with van der Waals surface area (Å²) < 4.78 is 0.892. The van der Waals surface area contributed by atoms with Gasteiger partial charge < -0.3 is 0 Å². The summed E-state index contributed by atoms with van der Waals surface area (Å²) in [6, 6.07) is 5.69. The molecular formula is C15H16Br2N2O2. The van der Waals surface area contributed by atoms with Crippen molar-refractivity contribution in [2.45, 2.75) is 31.5 Å². The molecule has 1 heterocycles. The fourth-order valence-electron chi connectivity index (χ4n) is 2.76. The first-order valence-electron chi connectivity index (χ1n) is 6.69. The van der Waals surface area contributed by atoms with Crippen LogP contribution in [-0.4, -0.2) is 14.7 Å². The highest BCUT2D eigenvalue weighted by molar-refractivity contribution is 9.10. The van der Waals surface area contributed by atoms with Crippen LogP contribution in [-0.2, 0) is 0 Å². The number of nitrogens with zero attached hydrogens (tertiary/aromatic N) is 2. The van der Waals surface area contributed by atoms with E-state index < -0.39 is 0 Å². The molecule has 2 unspecified atom stereocenters. The molecule has 0 aliphatic rings. The number of hydrogen-bond acceptors (Lipinski definition) is 3. The van der Waals surface area contributed by atoms with Gasteiger partial charge >= 0.3 is 0 Å². The number of pyridine rings is 1. The monoisotopic (exact) mass is 414 g/mol. The predicted molar refractivity (Wildman–Crippen MR) is 92.1 cm³/mol. The molecule has 4 nitrogen and oxygen atoms in total. The second kappa shape index (κ2) is 6.40. The Hall–Kier alpha value is -1.01. The Labute approximate surface area is 140 Å². The highest BCUT2D eigenvalue weighted by Crippen LogP contribution is 2.41. The second-order valence-electron chi connectivity index (χ2n) is 5.42. The van der Waals surface area contributed by atoms with Crippen LogP contribution in [0.3, 0.4) is 0 Å². The largest absolute Gasteiger partial charge is 0.291 e. The third kappa shape index (κ3) is 3.26. The van der Waals surface area contributed by atoms with Crippen molar-refractivity contribution in [2.24, 2.45) is 5.92 Å². The lowest BCUT2D eigenvalue weighted by Gasteiger charge is -2.25. The van der Waals surface area contributed by atoms with E-state index in [1.807, 2.05) is 25.1 Å².